The molecule has 1 fully saturated rings. The van der Waals surface area contributed by atoms with E-state index >= 15 is 0 Å². The lowest BCUT2D eigenvalue weighted by Gasteiger charge is -2.36. The highest BCUT2D eigenvalue weighted by Gasteiger charge is 2.43. The zero-order valence-electron chi connectivity index (χ0n) is 13.8. The Morgan fingerprint density at radius 3 is 2.71 bits per heavy atom. The molecule has 0 N–H and O–H groups in total. The number of halogens is 3. The van der Waals surface area contributed by atoms with Crippen molar-refractivity contribution in [2.45, 2.75) is 26.1 Å². The minimum absolute atomic E-state index is 0.0456. The fourth-order valence-corrected chi connectivity index (χ4v) is 2.61. The maximum Gasteiger partial charge on any atom is 0.416 e. The van der Waals surface area contributed by atoms with Crippen molar-refractivity contribution in [2.24, 2.45) is 0 Å². The fourth-order valence-electron chi connectivity index (χ4n) is 2.61. The Morgan fingerprint density at radius 2 is 2.12 bits per heavy atom. The van der Waals surface area contributed by atoms with Crippen LogP contribution >= 0.6 is 0 Å². The van der Waals surface area contributed by atoms with Crippen molar-refractivity contribution < 1.29 is 32.2 Å². The summed E-state index contributed by atoms with van der Waals surface area (Å²) in [5.74, 6) is -0.122. The van der Waals surface area contributed by atoms with Crippen LogP contribution in [-0.4, -0.2) is 51.7 Å². The Labute approximate surface area is 138 Å². The molecule has 2 rings (SSSR count). The topological polar surface area (TPSA) is 48.0 Å². The number of morpholine rings is 1. The zero-order valence-corrected chi connectivity index (χ0v) is 13.8. The quantitative estimate of drug-likeness (QED) is 0.784. The highest BCUT2D eigenvalue weighted by molar-refractivity contribution is 5.91. The van der Waals surface area contributed by atoms with Crippen LogP contribution in [0.5, 0.6) is 5.75 Å². The molecule has 1 atom stereocenters. The highest BCUT2D eigenvalue weighted by Crippen LogP contribution is 2.34. The first-order valence-electron chi connectivity index (χ1n) is 7.57. The van der Waals surface area contributed by atoms with Crippen molar-refractivity contribution >= 4 is 11.7 Å². The van der Waals surface area contributed by atoms with Crippen molar-refractivity contribution in [3.05, 3.63) is 23.3 Å². The van der Waals surface area contributed by atoms with Gasteiger partial charge in [-0.2, -0.15) is 13.2 Å². The van der Waals surface area contributed by atoms with E-state index in [2.05, 4.69) is 0 Å². The molecule has 1 aromatic carbocycles. The number of ether oxygens (including phenoxy) is 3. The molecule has 0 aromatic heterocycles. The lowest BCUT2D eigenvalue weighted by molar-refractivity contribution is -0.221. The largest absolute Gasteiger partial charge is 0.494 e. The number of carbonyl (C=O) groups is 1. The normalized spacial score (nSPS) is 18.4. The first kappa shape index (κ1) is 18.4. The summed E-state index contributed by atoms with van der Waals surface area (Å²) in [6.45, 7) is 3.83. The molecule has 0 spiro atoms. The molecule has 1 aliphatic rings. The molecule has 5 nitrogen and oxygen atoms in total. The number of alkyl halides is 3. The van der Waals surface area contributed by atoms with Crippen molar-refractivity contribution in [2.75, 3.05) is 38.3 Å². The first-order chi connectivity index (χ1) is 11.3. The Morgan fingerprint density at radius 1 is 1.42 bits per heavy atom. The fraction of sp³-hybridized carbons (Fsp3) is 0.562. The van der Waals surface area contributed by atoms with Gasteiger partial charge in [0.1, 0.15) is 5.75 Å². The van der Waals surface area contributed by atoms with Crippen LogP contribution in [-0.2, 0) is 9.47 Å². The van der Waals surface area contributed by atoms with Gasteiger partial charge in [0, 0.05) is 17.8 Å². The highest BCUT2D eigenvalue weighted by atomic mass is 19.4. The molecule has 1 aromatic rings. The molecular formula is C16H20F3NO4. The third-order valence-electron chi connectivity index (χ3n) is 3.83. The van der Waals surface area contributed by atoms with Crippen LogP contribution in [0.4, 0.5) is 18.9 Å². The molecule has 1 aliphatic heterocycles. The summed E-state index contributed by atoms with van der Waals surface area (Å²) in [6, 6.07) is 3.07. The second-order valence-corrected chi connectivity index (χ2v) is 5.39. The van der Waals surface area contributed by atoms with Gasteiger partial charge in [0.15, 0.2) is 6.10 Å². The molecule has 0 saturated carbocycles. The SMILES string of the molecule is CCOc1cc(C(=O)OC)cc(N2CCOC(C(F)(F)F)C2)c1C. The molecular weight excluding hydrogens is 327 g/mol. The average Bonchev–Trinajstić information content (AvgIpc) is 2.55. The van der Waals surface area contributed by atoms with Gasteiger partial charge < -0.3 is 19.1 Å². The Bertz CT molecular complexity index is 604. The molecule has 1 saturated heterocycles. The van der Waals surface area contributed by atoms with E-state index in [0.29, 0.717) is 30.2 Å². The van der Waals surface area contributed by atoms with Gasteiger partial charge in [0.25, 0.3) is 0 Å². The number of esters is 1. The van der Waals surface area contributed by atoms with E-state index in [1.807, 2.05) is 0 Å². The number of hydrogen-bond acceptors (Lipinski definition) is 5. The Balaban J connectivity index is 2.40. The lowest BCUT2D eigenvalue weighted by Crippen LogP contribution is -2.49. The third-order valence-corrected chi connectivity index (χ3v) is 3.83. The van der Waals surface area contributed by atoms with E-state index < -0.39 is 18.2 Å². The molecule has 0 bridgehead atoms. The molecule has 0 amide bonds. The van der Waals surface area contributed by atoms with Gasteiger partial charge in [-0.3, -0.25) is 0 Å². The van der Waals surface area contributed by atoms with Crippen LogP contribution in [0.3, 0.4) is 0 Å². The molecule has 0 aliphatic carbocycles. The van der Waals surface area contributed by atoms with Crippen LogP contribution in [0.15, 0.2) is 12.1 Å². The molecule has 1 heterocycles. The van der Waals surface area contributed by atoms with Gasteiger partial charge in [-0.25, -0.2) is 4.79 Å². The van der Waals surface area contributed by atoms with Crippen LogP contribution < -0.4 is 9.64 Å². The van der Waals surface area contributed by atoms with Gasteiger partial charge in [-0.1, -0.05) is 0 Å². The van der Waals surface area contributed by atoms with Gasteiger partial charge >= 0.3 is 12.1 Å². The number of benzene rings is 1. The van der Waals surface area contributed by atoms with Gasteiger partial charge in [-0.05, 0) is 26.0 Å². The Kier molecular flexibility index (Phi) is 5.58. The molecule has 8 heteroatoms. The lowest BCUT2D eigenvalue weighted by atomic mass is 10.1. The van der Waals surface area contributed by atoms with Crippen LogP contribution in [0.25, 0.3) is 0 Å². The first-order valence-corrected chi connectivity index (χ1v) is 7.57. The van der Waals surface area contributed by atoms with E-state index in [9.17, 15) is 18.0 Å². The smallest absolute Gasteiger partial charge is 0.416 e. The predicted octanol–water partition coefficient (Wildman–Crippen LogP) is 2.95. The molecule has 1 unspecified atom stereocenters. The van der Waals surface area contributed by atoms with Crippen molar-refractivity contribution in [3.63, 3.8) is 0 Å². The standard InChI is InChI=1S/C16H20F3NO4/c1-4-23-13-8-11(15(21)22-3)7-12(10(13)2)20-5-6-24-14(9-20)16(17,18)19/h7-8,14H,4-6,9H2,1-3H3. The third kappa shape index (κ3) is 3.92. The van der Waals surface area contributed by atoms with E-state index in [-0.39, 0.29) is 18.7 Å². The van der Waals surface area contributed by atoms with Gasteiger partial charge in [0.05, 0.1) is 32.4 Å². The second kappa shape index (κ2) is 7.29. The second-order valence-electron chi connectivity index (χ2n) is 5.39. The summed E-state index contributed by atoms with van der Waals surface area (Å²) in [7, 11) is 1.25. The summed E-state index contributed by atoms with van der Waals surface area (Å²) in [5, 5.41) is 0. The molecule has 24 heavy (non-hydrogen) atoms. The zero-order chi connectivity index (χ0) is 17.9. The van der Waals surface area contributed by atoms with E-state index in [0.717, 1.165) is 0 Å². The maximum atomic E-state index is 12.9. The van der Waals surface area contributed by atoms with Crippen LogP contribution in [0, 0.1) is 6.92 Å². The molecule has 0 radical (unpaired) electrons. The maximum absolute atomic E-state index is 12.9. The number of anilines is 1. The van der Waals surface area contributed by atoms with Gasteiger partial charge in [0.2, 0.25) is 0 Å². The average molecular weight is 347 g/mol. The summed E-state index contributed by atoms with van der Waals surface area (Å²) < 4.78 is 53.9. The van der Waals surface area contributed by atoms with E-state index in [4.69, 9.17) is 14.2 Å². The summed E-state index contributed by atoms with van der Waals surface area (Å²) in [4.78, 5) is 13.4. The number of methoxy groups -OCH3 is 1. The van der Waals surface area contributed by atoms with Crippen molar-refractivity contribution in [3.8, 4) is 5.75 Å². The number of carbonyl (C=O) groups excluding carboxylic acids is 1. The minimum atomic E-state index is -4.44. The minimum Gasteiger partial charge on any atom is -0.494 e. The van der Waals surface area contributed by atoms with Crippen LogP contribution in [0.2, 0.25) is 0 Å². The van der Waals surface area contributed by atoms with E-state index in [1.54, 1.807) is 18.7 Å². The molecule has 134 valence electrons. The number of hydrogen-bond donors (Lipinski definition) is 0. The number of nitrogens with zero attached hydrogens (tertiary/aromatic N) is 1. The van der Waals surface area contributed by atoms with Crippen LogP contribution in [0.1, 0.15) is 22.8 Å². The Hall–Kier alpha value is -1.96. The number of rotatable bonds is 4. The van der Waals surface area contributed by atoms with Gasteiger partial charge in [-0.15, -0.1) is 0 Å². The summed E-state index contributed by atoms with van der Waals surface area (Å²) in [5.41, 5.74) is 1.42. The summed E-state index contributed by atoms with van der Waals surface area (Å²) >= 11 is 0. The summed E-state index contributed by atoms with van der Waals surface area (Å²) in [6.07, 6.45) is -6.29. The van der Waals surface area contributed by atoms with E-state index in [1.165, 1.54) is 19.2 Å². The predicted molar refractivity (Wildman–Crippen MR) is 81.7 cm³/mol. The van der Waals surface area contributed by atoms with Crippen molar-refractivity contribution in [1.82, 2.24) is 0 Å². The monoisotopic (exact) mass is 347 g/mol. The van der Waals surface area contributed by atoms with Crippen molar-refractivity contribution in [1.29, 1.82) is 0 Å².